The highest BCUT2D eigenvalue weighted by atomic mass is 19.1. The van der Waals surface area contributed by atoms with Crippen LogP contribution in [0.2, 0.25) is 0 Å². The van der Waals surface area contributed by atoms with Gasteiger partial charge in [0.05, 0.1) is 25.4 Å². The minimum atomic E-state index is -0.785. The van der Waals surface area contributed by atoms with E-state index in [2.05, 4.69) is 0 Å². The summed E-state index contributed by atoms with van der Waals surface area (Å²) in [5.74, 6) is -1.24. The van der Waals surface area contributed by atoms with Crippen molar-refractivity contribution in [3.05, 3.63) is 35.7 Å². The first-order valence-corrected chi connectivity index (χ1v) is 11.1. The van der Waals surface area contributed by atoms with E-state index in [0.717, 1.165) is 25.7 Å². The Labute approximate surface area is 183 Å². The van der Waals surface area contributed by atoms with Gasteiger partial charge in [0.1, 0.15) is 0 Å². The third-order valence-corrected chi connectivity index (χ3v) is 6.21. The molecule has 1 aliphatic rings. The molecule has 0 radical (unpaired) electrons. The molecule has 7 heteroatoms. The Bertz CT molecular complexity index is 722. The molecule has 0 bridgehead atoms. The summed E-state index contributed by atoms with van der Waals surface area (Å²) in [5.41, 5.74) is 0.329. The molecule has 2 rings (SSSR count). The van der Waals surface area contributed by atoms with E-state index in [9.17, 15) is 24.5 Å². The molecule has 0 aliphatic heterocycles. The Morgan fingerprint density at radius 1 is 1.16 bits per heavy atom. The van der Waals surface area contributed by atoms with Crippen LogP contribution >= 0.6 is 0 Å². The third-order valence-electron chi connectivity index (χ3n) is 6.21. The van der Waals surface area contributed by atoms with Crippen LogP contribution in [0.25, 0.3) is 6.08 Å². The van der Waals surface area contributed by atoms with E-state index >= 15 is 0 Å². The van der Waals surface area contributed by atoms with E-state index in [-0.39, 0.29) is 24.0 Å². The molecule has 0 amide bonds. The quantitative estimate of drug-likeness (QED) is 0.349. The predicted molar refractivity (Wildman–Crippen MR) is 116 cm³/mol. The SMILES string of the molecule is COc1cccc(/C=C/C(O)CCC2[C@H](O)C[C@H](O)[C@@H]2CCCCCCC(=O)O)c1F. The number of carbonyl (C=O) groups is 1. The van der Waals surface area contributed by atoms with Crippen molar-refractivity contribution in [2.24, 2.45) is 11.8 Å². The van der Waals surface area contributed by atoms with Crippen LogP contribution < -0.4 is 4.74 Å². The molecule has 4 N–H and O–H groups in total. The summed E-state index contributed by atoms with van der Waals surface area (Å²) in [4.78, 5) is 10.6. The Hall–Kier alpha value is -1.96. The molecule has 1 aromatic carbocycles. The van der Waals surface area contributed by atoms with Gasteiger partial charge in [0.2, 0.25) is 0 Å². The number of carboxylic acids is 1. The van der Waals surface area contributed by atoms with Gasteiger partial charge in [0.25, 0.3) is 0 Å². The summed E-state index contributed by atoms with van der Waals surface area (Å²) in [6, 6.07) is 4.81. The molecule has 174 valence electrons. The maximum Gasteiger partial charge on any atom is 0.303 e. The summed E-state index contributed by atoms with van der Waals surface area (Å²) in [5, 5.41) is 39.7. The fourth-order valence-electron chi connectivity index (χ4n) is 4.48. The number of ether oxygens (including phenoxy) is 1. The molecule has 5 atom stereocenters. The van der Waals surface area contributed by atoms with Crippen LogP contribution in [0, 0.1) is 17.7 Å². The fraction of sp³-hybridized carbons (Fsp3) is 0.625. The van der Waals surface area contributed by atoms with Crippen molar-refractivity contribution >= 4 is 12.0 Å². The molecule has 2 unspecified atom stereocenters. The summed E-state index contributed by atoms with van der Waals surface area (Å²) < 4.78 is 19.1. The Morgan fingerprint density at radius 2 is 1.84 bits per heavy atom. The number of hydrogen-bond acceptors (Lipinski definition) is 5. The summed E-state index contributed by atoms with van der Waals surface area (Å²) >= 11 is 0. The highest BCUT2D eigenvalue weighted by molar-refractivity contribution is 5.66. The maximum absolute atomic E-state index is 14.2. The molecule has 1 saturated carbocycles. The largest absolute Gasteiger partial charge is 0.494 e. The van der Waals surface area contributed by atoms with E-state index in [1.54, 1.807) is 12.1 Å². The highest BCUT2D eigenvalue weighted by Crippen LogP contribution is 2.39. The Kier molecular flexibility index (Phi) is 10.4. The standard InChI is InChI=1S/C24H35FO6/c1-31-22-9-6-7-16(24(22)25)11-12-17(26)13-14-19-18(20(27)15-21(19)28)8-4-2-3-5-10-23(29)30/h6-7,9,11-12,17-21,26-28H,2-5,8,10,13-15H2,1H3,(H,29,30)/b12-11+/t17?,18-,19?,20+,21-/m1/s1. The molecule has 1 aliphatic carbocycles. The molecular weight excluding hydrogens is 403 g/mol. The minimum absolute atomic E-state index is 0.0264. The molecule has 1 fully saturated rings. The van der Waals surface area contributed by atoms with Crippen molar-refractivity contribution < 1.29 is 34.3 Å². The number of hydrogen-bond donors (Lipinski definition) is 4. The van der Waals surface area contributed by atoms with E-state index in [1.165, 1.54) is 25.3 Å². The number of benzene rings is 1. The Balaban J connectivity index is 1.82. The van der Waals surface area contributed by atoms with Gasteiger partial charge in [-0.15, -0.1) is 0 Å². The average molecular weight is 439 g/mol. The lowest BCUT2D eigenvalue weighted by atomic mass is 9.85. The average Bonchev–Trinajstić information content (AvgIpc) is 3.00. The van der Waals surface area contributed by atoms with Gasteiger partial charge < -0.3 is 25.2 Å². The highest BCUT2D eigenvalue weighted by Gasteiger charge is 2.40. The number of rotatable bonds is 13. The summed E-state index contributed by atoms with van der Waals surface area (Å²) in [7, 11) is 1.40. The summed E-state index contributed by atoms with van der Waals surface area (Å²) in [6.45, 7) is 0. The van der Waals surface area contributed by atoms with Crippen LogP contribution in [0.1, 0.15) is 63.4 Å². The minimum Gasteiger partial charge on any atom is -0.494 e. The first kappa shape index (κ1) is 25.3. The predicted octanol–water partition coefficient (Wildman–Crippen LogP) is 3.77. The maximum atomic E-state index is 14.2. The number of aliphatic carboxylic acids is 1. The number of aliphatic hydroxyl groups excluding tert-OH is 3. The van der Waals surface area contributed by atoms with E-state index < -0.39 is 30.1 Å². The van der Waals surface area contributed by atoms with Crippen molar-refractivity contribution in [1.29, 1.82) is 0 Å². The lowest BCUT2D eigenvalue weighted by molar-refractivity contribution is -0.137. The first-order chi connectivity index (χ1) is 14.8. The first-order valence-electron chi connectivity index (χ1n) is 11.1. The van der Waals surface area contributed by atoms with Crippen LogP contribution in [-0.2, 0) is 4.79 Å². The number of halogens is 1. The van der Waals surface area contributed by atoms with Crippen molar-refractivity contribution in [3.63, 3.8) is 0 Å². The number of aliphatic hydroxyl groups is 3. The van der Waals surface area contributed by atoms with Crippen LogP contribution in [0.4, 0.5) is 4.39 Å². The van der Waals surface area contributed by atoms with Crippen LogP contribution in [0.15, 0.2) is 24.3 Å². The van der Waals surface area contributed by atoms with Crippen molar-refractivity contribution in [2.75, 3.05) is 7.11 Å². The number of carboxylic acid groups (broad SMARTS) is 1. The Morgan fingerprint density at radius 3 is 2.52 bits per heavy atom. The van der Waals surface area contributed by atoms with E-state index in [0.29, 0.717) is 31.2 Å². The molecule has 0 aromatic heterocycles. The topological polar surface area (TPSA) is 107 Å². The zero-order chi connectivity index (χ0) is 22.8. The summed E-state index contributed by atoms with van der Waals surface area (Å²) in [6.07, 6.45) is 6.66. The van der Waals surface area contributed by atoms with E-state index in [1.807, 2.05) is 0 Å². The lowest BCUT2D eigenvalue weighted by Gasteiger charge is -2.24. The van der Waals surface area contributed by atoms with Gasteiger partial charge in [-0.05, 0) is 50.0 Å². The van der Waals surface area contributed by atoms with Gasteiger partial charge in [0.15, 0.2) is 11.6 Å². The number of unbranched alkanes of at least 4 members (excludes halogenated alkanes) is 3. The van der Waals surface area contributed by atoms with Crippen LogP contribution in [0.5, 0.6) is 5.75 Å². The molecule has 0 spiro atoms. The van der Waals surface area contributed by atoms with Gasteiger partial charge in [-0.2, -0.15) is 0 Å². The molecule has 1 aromatic rings. The zero-order valence-corrected chi connectivity index (χ0v) is 18.1. The monoisotopic (exact) mass is 438 g/mol. The zero-order valence-electron chi connectivity index (χ0n) is 18.1. The van der Waals surface area contributed by atoms with Crippen molar-refractivity contribution in [2.45, 2.75) is 76.1 Å². The van der Waals surface area contributed by atoms with E-state index in [4.69, 9.17) is 9.84 Å². The molecule has 0 heterocycles. The van der Waals surface area contributed by atoms with Crippen LogP contribution in [0.3, 0.4) is 0 Å². The molecular formula is C24H35FO6. The smallest absolute Gasteiger partial charge is 0.303 e. The van der Waals surface area contributed by atoms with Crippen molar-refractivity contribution in [1.82, 2.24) is 0 Å². The molecule has 31 heavy (non-hydrogen) atoms. The molecule has 0 saturated heterocycles. The second kappa shape index (κ2) is 12.8. The van der Waals surface area contributed by atoms with Gasteiger partial charge in [-0.1, -0.05) is 43.5 Å². The normalized spacial score (nSPS) is 24.5. The lowest BCUT2D eigenvalue weighted by Crippen LogP contribution is -2.23. The van der Waals surface area contributed by atoms with Gasteiger partial charge in [0, 0.05) is 12.0 Å². The van der Waals surface area contributed by atoms with Gasteiger partial charge >= 0.3 is 5.97 Å². The second-order valence-corrected chi connectivity index (χ2v) is 8.41. The second-order valence-electron chi connectivity index (χ2n) is 8.41. The fourth-order valence-corrected chi connectivity index (χ4v) is 4.48. The third kappa shape index (κ3) is 7.91. The van der Waals surface area contributed by atoms with Crippen molar-refractivity contribution in [3.8, 4) is 5.75 Å². The van der Waals surface area contributed by atoms with Gasteiger partial charge in [-0.25, -0.2) is 4.39 Å². The molecule has 6 nitrogen and oxygen atoms in total. The number of methoxy groups -OCH3 is 1. The van der Waals surface area contributed by atoms with Gasteiger partial charge in [-0.3, -0.25) is 4.79 Å². The van der Waals surface area contributed by atoms with Crippen LogP contribution in [-0.4, -0.2) is 51.8 Å².